The summed E-state index contributed by atoms with van der Waals surface area (Å²) >= 11 is 0. The molecule has 1 aliphatic heterocycles. The third kappa shape index (κ3) is 5.24. The highest BCUT2D eigenvalue weighted by Crippen LogP contribution is 2.34. The van der Waals surface area contributed by atoms with Crippen LogP contribution < -0.4 is 0 Å². The molecule has 0 atom stereocenters. The molecule has 0 bridgehead atoms. The van der Waals surface area contributed by atoms with Crippen molar-refractivity contribution in [2.24, 2.45) is 0 Å². The fourth-order valence-corrected chi connectivity index (χ4v) is 4.95. The zero-order valence-electron chi connectivity index (χ0n) is 19.0. The third-order valence-corrected chi connectivity index (χ3v) is 6.61. The highest BCUT2D eigenvalue weighted by Gasteiger charge is 2.29. The van der Waals surface area contributed by atoms with Crippen LogP contribution >= 0.6 is 0 Å². The largest absolute Gasteiger partial charge is 0.365 e. The number of benzene rings is 4. The Labute approximate surface area is 197 Å². The minimum atomic E-state index is -0.0250. The number of likely N-dealkylation sites (tertiary alicyclic amines) is 1. The molecule has 2 nitrogen and oxygen atoms in total. The van der Waals surface area contributed by atoms with Crippen LogP contribution in [0.4, 0.5) is 0 Å². The Kier molecular flexibility index (Phi) is 6.96. The maximum Gasteiger partial charge on any atom is 0.108 e. The van der Waals surface area contributed by atoms with E-state index < -0.39 is 0 Å². The van der Waals surface area contributed by atoms with E-state index in [1.807, 2.05) is 0 Å². The second-order valence-electron chi connectivity index (χ2n) is 8.80. The lowest BCUT2D eigenvalue weighted by Gasteiger charge is -2.39. The van der Waals surface area contributed by atoms with Gasteiger partial charge in [-0.1, -0.05) is 121 Å². The SMILES string of the molecule is c1ccc(C(OC2CCN(C(c3ccccc3)c3ccccc3)CC2)c2ccccc2)cc1. The Morgan fingerprint density at radius 3 is 1.27 bits per heavy atom. The molecule has 4 aromatic carbocycles. The predicted octanol–water partition coefficient (Wildman–Crippen LogP) is 7.05. The first kappa shape index (κ1) is 21.6. The van der Waals surface area contributed by atoms with Crippen molar-refractivity contribution in [1.82, 2.24) is 4.90 Å². The fraction of sp³-hybridized carbons (Fsp3) is 0.226. The Bertz CT molecular complexity index is 1010. The topological polar surface area (TPSA) is 12.5 Å². The summed E-state index contributed by atoms with van der Waals surface area (Å²) in [6, 6.07) is 43.3. The maximum absolute atomic E-state index is 6.78. The van der Waals surface area contributed by atoms with E-state index in [1.165, 1.54) is 22.3 Å². The van der Waals surface area contributed by atoms with Crippen molar-refractivity contribution in [3.8, 4) is 0 Å². The lowest BCUT2D eigenvalue weighted by atomic mass is 9.94. The summed E-state index contributed by atoms with van der Waals surface area (Å²) in [7, 11) is 0. The molecule has 0 unspecified atom stereocenters. The molecule has 0 N–H and O–H groups in total. The number of ether oxygens (including phenoxy) is 1. The Hall–Kier alpha value is -3.20. The van der Waals surface area contributed by atoms with E-state index in [9.17, 15) is 0 Å². The van der Waals surface area contributed by atoms with Gasteiger partial charge in [0.2, 0.25) is 0 Å². The van der Waals surface area contributed by atoms with Crippen LogP contribution in [0.15, 0.2) is 121 Å². The Morgan fingerprint density at radius 1 is 0.515 bits per heavy atom. The summed E-state index contributed by atoms with van der Waals surface area (Å²) in [6.07, 6.45) is 2.29. The zero-order chi connectivity index (χ0) is 22.3. The molecule has 1 saturated heterocycles. The summed E-state index contributed by atoms with van der Waals surface area (Å²) in [5, 5.41) is 0. The minimum absolute atomic E-state index is 0.0250. The predicted molar refractivity (Wildman–Crippen MR) is 135 cm³/mol. The molecule has 0 amide bonds. The van der Waals surface area contributed by atoms with Gasteiger partial charge in [-0.2, -0.15) is 0 Å². The Morgan fingerprint density at radius 2 is 0.879 bits per heavy atom. The van der Waals surface area contributed by atoms with Crippen molar-refractivity contribution in [2.75, 3.05) is 13.1 Å². The number of rotatable bonds is 7. The van der Waals surface area contributed by atoms with Crippen molar-refractivity contribution >= 4 is 0 Å². The van der Waals surface area contributed by atoms with Gasteiger partial charge in [-0.15, -0.1) is 0 Å². The Balaban J connectivity index is 1.32. The zero-order valence-corrected chi connectivity index (χ0v) is 19.0. The molecular formula is C31H31NO. The van der Waals surface area contributed by atoms with E-state index in [1.54, 1.807) is 0 Å². The van der Waals surface area contributed by atoms with Gasteiger partial charge in [0.05, 0.1) is 12.1 Å². The van der Waals surface area contributed by atoms with Crippen LogP contribution in [0, 0.1) is 0 Å². The van der Waals surface area contributed by atoms with E-state index in [-0.39, 0.29) is 18.2 Å². The van der Waals surface area contributed by atoms with Gasteiger partial charge in [0, 0.05) is 13.1 Å². The average molecular weight is 434 g/mol. The van der Waals surface area contributed by atoms with Crippen LogP contribution in [-0.2, 0) is 4.74 Å². The molecule has 1 fully saturated rings. The molecule has 1 aliphatic rings. The first-order valence-electron chi connectivity index (χ1n) is 12.0. The second kappa shape index (κ2) is 10.6. The molecule has 0 radical (unpaired) electrons. The quantitative estimate of drug-likeness (QED) is 0.310. The average Bonchev–Trinajstić information content (AvgIpc) is 2.91. The van der Waals surface area contributed by atoms with Gasteiger partial charge in [0.1, 0.15) is 6.10 Å². The minimum Gasteiger partial charge on any atom is -0.365 e. The smallest absolute Gasteiger partial charge is 0.108 e. The molecule has 5 rings (SSSR count). The summed E-state index contributed by atoms with van der Waals surface area (Å²) in [5.41, 5.74) is 5.15. The summed E-state index contributed by atoms with van der Waals surface area (Å²) < 4.78 is 6.78. The number of nitrogens with zero attached hydrogens (tertiary/aromatic N) is 1. The van der Waals surface area contributed by atoms with Crippen molar-refractivity contribution in [3.05, 3.63) is 144 Å². The van der Waals surface area contributed by atoms with Gasteiger partial charge in [0.15, 0.2) is 0 Å². The van der Waals surface area contributed by atoms with E-state index in [0.29, 0.717) is 0 Å². The standard InChI is InChI=1S/C31H31NO/c1-5-13-25(14-6-1)30(26-15-7-2-8-16-26)32-23-21-29(22-24-32)33-31(27-17-9-3-10-18-27)28-19-11-4-12-20-28/h1-20,29-31H,21-24H2. The molecule has 0 spiro atoms. The molecule has 33 heavy (non-hydrogen) atoms. The number of hydrogen-bond donors (Lipinski definition) is 0. The van der Waals surface area contributed by atoms with Gasteiger partial charge in [-0.05, 0) is 35.1 Å². The van der Waals surface area contributed by atoms with Crippen molar-refractivity contribution < 1.29 is 4.74 Å². The van der Waals surface area contributed by atoms with Gasteiger partial charge in [-0.3, -0.25) is 4.90 Å². The first-order valence-corrected chi connectivity index (χ1v) is 12.0. The van der Waals surface area contributed by atoms with E-state index >= 15 is 0 Å². The summed E-state index contributed by atoms with van der Waals surface area (Å²) in [6.45, 7) is 2.05. The summed E-state index contributed by atoms with van der Waals surface area (Å²) in [4.78, 5) is 2.62. The monoisotopic (exact) mass is 433 g/mol. The summed E-state index contributed by atoms with van der Waals surface area (Å²) in [5.74, 6) is 0. The van der Waals surface area contributed by atoms with Gasteiger partial charge in [0.25, 0.3) is 0 Å². The lowest BCUT2D eigenvalue weighted by Crippen LogP contribution is -2.40. The van der Waals surface area contributed by atoms with Crippen molar-refractivity contribution in [2.45, 2.75) is 31.1 Å². The van der Waals surface area contributed by atoms with E-state index in [4.69, 9.17) is 4.74 Å². The van der Waals surface area contributed by atoms with Gasteiger partial charge in [-0.25, -0.2) is 0 Å². The maximum atomic E-state index is 6.78. The highest BCUT2D eigenvalue weighted by atomic mass is 16.5. The highest BCUT2D eigenvalue weighted by molar-refractivity contribution is 5.32. The molecule has 166 valence electrons. The van der Waals surface area contributed by atoms with E-state index in [0.717, 1.165) is 25.9 Å². The lowest BCUT2D eigenvalue weighted by molar-refractivity contribution is -0.0312. The molecule has 0 aliphatic carbocycles. The third-order valence-electron chi connectivity index (χ3n) is 6.61. The molecule has 0 saturated carbocycles. The normalized spacial score (nSPS) is 15.2. The molecule has 2 heteroatoms. The number of hydrogen-bond acceptors (Lipinski definition) is 2. The van der Waals surface area contributed by atoms with Crippen LogP contribution in [0.1, 0.15) is 47.2 Å². The van der Waals surface area contributed by atoms with Gasteiger partial charge >= 0.3 is 0 Å². The second-order valence-corrected chi connectivity index (χ2v) is 8.80. The van der Waals surface area contributed by atoms with E-state index in [2.05, 4.69) is 126 Å². The molecule has 1 heterocycles. The van der Waals surface area contributed by atoms with Crippen molar-refractivity contribution in [3.63, 3.8) is 0 Å². The number of piperidine rings is 1. The van der Waals surface area contributed by atoms with Gasteiger partial charge < -0.3 is 4.74 Å². The van der Waals surface area contributed by atoms with Crippen LogP contribution in [0.5, 0.6) is 0 Å². The molecular weight excluding hydrogens is 402 g/mol. The van der Waals surface area contributed by atoms with Crippen LogP contribution in [0.25, 0.3) is 0 Å². The fourth-order valence-electron chi connectivity index (χ4n) is 4.95. The molecule has 0 aromatic heterocycles. The first-order chi connectivity index (χ1) is 16.4. The van der Waals surface area contributed by atoms with Crippen LogP contribution in [0.3, 0.4) is 0 Å². The molecule has 4 aromatic rings. The van der Waals surface area contributed by atoms with Crippen LogP contribution in [-0.4, -0.2) is 24.1 Å². The van der Waals surface area contributed by atoms with Crippen LogP contribution in [0.2, 0.25) is 0 Å². The van der Waals surface area contributed by atoms with Crippen molar-refractivity contribution in [1.29, 1.82) is 0 Å².